The first-order valence-electron chi connectivity index (χ1n) is 11.0. The maximum Gasteiger partial charge on any atom is 0.336 e. The smallest absolute Gasteiger partial charge is 0.336 e. The van der Waals surface area contributed by atoms with Crippen LogP contribution in [0.25, 0.3) is 5.70 Å². The van der Waals surface area contributed by atoms with E-state index in [0.717, 1.165) is 26.0 Å². The number of Topliss-reactive ketones (excluding diaryl/α,β-unsaturated/α-hetero) is 1. The molecule has 3 aromatic carbocycles. The van der Waals surface area contributed by atoms with Gasteiger partial charge in [0.2, 0.25) is 0 Å². The molecule has 1 heterocycles. The molecule has 5 rings (SSSR count). The molecular weight excluding hydrogens is 577 g/mol. The Morgan fingerprint density at radius 2 is 1.77 bits per heavy atom. The second kappa shape index (κ2) is 9.51. The van der Waals surface area contributed by atoms with Gasteiger partial charge in [-0.1, -0.05) is 60.1 Å². The minimum atomic E-state index is -0.565. The molecule has 0 aromatic heterocycles. The van der Waals surface area contributed by atoms with Gasteiger partial charge in [0.25, 0.3) is 0 Å². The van der Waals surface area contributed by atoms with Crippen LogP contribution >= 0.6 is 34.2 Å². The first-order valence-corrected chi connectivity index (χ1v) is 12.5. The van der Waals surface area contributed by atoms with Crippen LogP contribution in [0.3, 0.4) is 0 Å². The van der Waals surface area contributed by atoms with Crippen molar-refractivity contribution in [2.45, 2.75) is 19.4 Å². The lowest BCUT2D eigenvalue weighted by Crippen LogP contribution is -2.29. The Labute approximate surface area is 221 Å². The average molecular weight is 598 g/mol. The average Bonchev–Trinajstić information content (AvgIpc) is 3.14. The fourth-order valence-electron chi connectivity index (χ4n) is 4.63. The first-order chi connectivity index (χ1) is 16.9. The van der Waals surface area contributed by atoms with Crippen LogP contribution in [0, 0.1) is 3.57 Å². The van der Waals surface area contributed by atoms with Crippen LogP contribution < -0.4 is 10.1 Å². The molecule has 1 aliphatic carbocycles. The highest BCUT2D eigenvalue weighted by Crippen LogP contribution is 2.47. The number of rotatable bonds is 5. The maximum absolute atomic E-state index is 13.5. The molecule has 5 nitrogen and oxygen atoms in total. The van der Waals surface area contributed by atoms with E-state index in [4.69, 9.17) is 21.1 Å². The number of esters is 1. The molecule has 0 bridgehead atoms. The number of ketones is 1. The third-order valence-electron chi connectivity index (χ3n) is 6.28. The minimum absolute atomic E-state index is 0.0870. The van der Waals surface area contributed by atoms with Gasteiger partial charge in [-0.3, -0.25) is 4.79 Å². The van der Waals surface area contributed by atoms with Crippen LogP contribution in [0.1, 0.15) is 39.9 Å². The molecule has 0 unspecified atom stereocenters. The zero-order valence-electron chi connectivity index (χ0n) is 19.0. The van der Waals surface area contributed by atoms with Crippen LogP contribution in [-0.2, 0) is 16.1 Å². The summed E-state index contributed by atoms with van der Waals surface area (Å²) in [5.74, 6) is -0.427. The molecular formula is C28H21ClINO4. The van der Waals surface area contributed by atoms with Crippen molar-refractivity contribution in [3.63, 3.8) is 0 Å². The zero-order valence-corrected chi connectivity index (χ0v) is 21.9. The summed E-state index contributed by atoms with van der Waals surface area (Å²) in [7, 11) is 1.35. The Morgan fingerprint density at radius 1 is 1.06 bits per heavy atom. The lowest BCUT2D eigenvalue weighted by molar-refractivity contribution is -0.136. The number of ether oxygens (including phenoxy) is 2. The number of benzene rings is 3. The number of dihydropyridines is 1. The number of allylic oxidation sites excluding steroid dienone is 2. The lowest BCUT2D eigenvalue weighted by atomic mass is 9.80. The number of hydrogen-bond donors (Lipinski definition) is 1. The third kappa shape index (κ3) is 4.15. The topological polar surface area (TPSA) is 64.6 Å². The van der Waals surface area contributed by atoms with Gasteiger partial charge >= 0.3 is 5.97 Å². The van der Waals surface area contributed by atoms with E-state index in [1.807, 2.05) is 73.7 Å². The summed E-state index contributed by atoms with van der Waals surface area (Å²) < 4.78 is 12.0. The van der Waals surface area contributed by atoms with Crippen molar-refractivity contribution in [2.75, 3.05) is 7.11 Å². The van der Waals surface area contributed by atoms with Crippen molar-refractivity contribution in [3.8, 4) is 5.75 Å². The molecule has 1 aliphatic heterocycles. The molecule has 2 aliphatic rings. The Morgan fingerprint density at radius 3 is 2.49 bits per heavy atom. The maximum atomic E-state index is 13.5. The van der Waals surface area contributed by atoms with Crippen molar-refractivity contribution in [3.05, 3.63) is 114 Å². The summed E-state index contributed by atoms with van der Waals surface area (Å²) in [4.78, 5) is 26.4. The summed E-state index contributed by atoms with van der Waals surface area (Å²) in [5.41, 5.74) is 5.57. The molecule has 35 heavy (non-hydrogen) atoms. The van der Waals surface area contributed by atoms with Crippen LogP contribution in [0.4, 0.5) is 0 Å². The van der Waals surface area contributed by atoms with E-state index < -0.39 is 11.9 Å². The van der Waals surface area contributed by atoms with E-state index in [-0.39, 0.29) is 5.78 Å². The number of carbonyl (C=O) groups excluding carboxylic acids is 2. The highest BCUT2D eigenvalue weighted by atomic mass is 127. The van der Waals surface area contributed by atoms with Gasteiger partial charge in [0.15, 0.2) is 5.78 Å². The second-order valence-corrected chi connectivity index (χ2v) is 9.89. The molecule has 0 fully saturated rings. The Hall–Kier alpha value is -3.10. The van der Waals surface area contributed by atoms with E-state index >= 15 is 0 Å². The third-order valence-corrected chi connectivity index (χ3v) is 7.50. The van der Waals surface area contributed by atoms with Crippen LogP contribution in [0.5, 0.6) is 5.75 Å². The highest BCUT2D eigenvalue weighted by molar-refractivity contribution is 14.1. The number of hydrogen-bond acceptors (Lipinski definition) is 5. The number of carbonyl (C=O) groups is 2. The molecule has 1 N–H and O–H groups in total. The number of fused-ring (bicyclic) bond motifs is 2. The van der Waals surface area contributed by atoms with E-state index in [9.17, 15) is 9.59 Å². The van der Waals surface area contributed by atoms with Gasteiger partial charge in [-0.05, 0) is 53.3 Å². The summed E-state index contributed by atoms with van der Waals surface area (Å²) in [6.45, 7) is 2.17. The van der Waals surface area contributed by atoms with Crippen molar-refractivity contribution < 1.29 is 19.1 Å². The molecule has 0 saturated heterocycles. The quantitative estimate of drug-likeness (QED) is 0.278. The van der Waals surface area contributed by atoms with E-state index in [2.05, 4.69) is 27.9 Å². The standard InChI is InChI=1S/C28H21ClINO4/c1-15-23(28(33)34-2)24(25-26(31-15)18-8-4-5-9-19(18)27(25)32)16-11-12-22(21(30)13-16)35-14-17-7-3-6-10-20(17)29/h3-13,24,31H,14H2,1-2H3/t24-/m0/s1. The van der Waals surface area contributed by atoms with Gasteiger partial charge in [0.05, 0.1) is 22.0 Å². The van der Waals surface area contributed by atoms with Gasteiger partial charge < -0.3 is 14.8 Å². The highest BCUT2D eigenvalue weighted by Gasteiger charge is 2.42. The Balaban J connectivity index is 1.55. The molecule has 0 radical (unpaired) electrons. The van der Waals surface area contributed by atoms with Gasteiger partial charge in [-0.25, -0.2) is 4.79 Å². The number of methoxy groups -OCH3 is 1. The first kappa shape index (κ1) is 23.6. The van der Waals surface area contributed by atoms with Crippen molar-refractivity contribution in [2.24, 2.45) is 0 Å². The summed E-state index contributed by atoms with van der Waals surface area (Å²) >= 11 is 8.47. The molecule has 0 amide bonds. The van der Waals surface area contributed by atoms with Gasteiger partial charge in [-0.2, -0.15) is 0 Å². The SMILES string of the molecule is COC(=O)C1=C(C)NC2=C(C(=O)c3ccccc32)[C@H]1c1ccc(OCc2ccccc2Cl)c(I)c1. The number of halogens is 2. The van der Waals surface area contributed by atoms with Crippen molar-refractivity contribution in [1.82, 2.24) is 5.32 Å². The van der Waals surface area contributed by atoms with E-state index in [0.29, 0.717) is 39.8 Å². The van der Waals surface area contributed by atoms with Crippen molar-refractivity contribution in [1.29, 1.82) is 0 Å². The largest absolute Gasteiger partial charge is 0.488 e. The molecule has 1 atom stereocenters. The normalized spacial score (nSPS) is 16.6. The predicted molar refractivity (Wildman–Crippen MR) is 143 cm³/mol. The van der Waals surface area contributed by atoms with Crippen molar-refractivity contribution >= 4 is 51.6 Å². The van der Waals surface area contributed by atoms with Gasteiger partial charge in [-0.15, -0.1) is 0 Å². The number of nitrogens with one attached hydrogen (secondary N) is 1. The fourth-order valence-corrected chi connectivity index (χ4v) is 5.51. The molecule has 0 saturated carbocycles. The Kier molecular flexibility index (Phi) is 6.42. The molecule has 3 aromatic rings. The predicted octanol–water partition coefficient (Wildman–Crippen LogP) is 6.27. The fraction of sp³-hybridized carbons (Fsp3) is 0.143. The second-order valence-electron chi connectivity index (χ2n) is 8.32. The molecule has 176 valence electrons. The van der Waals surface area contributed by atoms with Crippen LogP contribution in [0.2, 0.25) is 5.02 Å². The monoisotopic (exact) mass is 597 g/mol. The van der Waals surface area contributed by atoms with E-state index in [1.165, 1.54) is 7.11 Å². The summed E-state index contributed by atoms with van der Waals surface area (Å²) in [6, 6.07) is 20.8. The lowest BCUT2D eigenvalue weighted by Gasteiger charge is -2.29. The molecule has 7 heteroatoms. The summed E-state index contributed by atoms with van der Waals surface area (Å²) in [5, 5.41) is 3.95. The van der Waals surface area contributed by atoms with Crippen LogP contribution in [-0.4, -0.2) is 18.9 Å². The van der Waals surface area contributed by atoms with Gasteiger partial charge in [0.1, 0.15) is 12.4 Å². The zero-order chi connectivity index (χ0) is 24.7. The van der Waals surface area contributed by atoms with Crippen LogP contribution in [0.15, 0.2) is 83.6 Å². The summed E-state index contributed by atoms with van der Waals surface area (Å²) in [6.07, 6.45) is 0. The molecule has 0 spiro atoms. The van der Waals surface area contributed by atoms with Gasteiger partial charge in [0, 0.05) is 38.9 Å². The van der Waals surface area contributed by atoms with E-state index in [1.54, 1.807) is 0 Å². The Bertz CT molecular complexity index is 1440. The minimum Gasteiger partial charge on any atom is -0.488 e.